The Morgan fingerprint density at radius 3 is 2.43 bits per heavy atom. The van der Waals surface area contributed by atoms with Gasteiger partial charge in [-0.3, -0.25) is 4.99 Å². The maximum atomic E-state index is 4.81. The molecule has 0 amide bonds. The van der Waals surface area contributed by atoms with E-state index in [0.717, 1.165) is 0 Å². The standard InChI is InChI=1S/C19H28N2/c1-3-10-18(11-4-1)20-14-16-8-7-9-17(16)15-21-19-12-5-2-6-13-19/h7-9,14-15,18-20H,1-6,10-13H2. The van der Waals surface area contributed by atoms with Crippen LogP contribution in [0.15, 0.2) is 40.6 Å². The first-order chi connectivity index (χ1) is 10.4. The van der Waals surface area contributed by atoms with E-state index >= 15 is 0 Å². The van der Waals surface area contributed by atoms with Gasteiger partial charge in [0.1, 0.15) is 0 Å². The van der Waals surface area contributed by atoms with Crippen molar-refractivity contribution in [3.8, 4) is 0 Å². The molecular weight excluding hydrogens is 256 g/mol. The molecule has 21 heavy (non-hydrogen) atoms. The van der Waals surface area contributed by atoms with Crippen LogP contribution in [-0.4, -0.2) is 18.3 Å². The fraction of sp³-hybridized carbons (Fsp3) is 0.632. The zero-order valence-electron chi connectivity index (χ0n) is 13.1. The lowest BCUT2D eigenvalue weighted by molar-refractivity contribution is 0.404. The molecule has 0 saturated heterocycles. The van der Waals surface area contributed by atoms with Gasteiger partial charge in [0, 0.05) is 30.1 Å². The Bertz CT molecular complexity index is 444. The van der Waals surface area contributed by atoms with E-state index in [1.54, 1.807) is 0 Å². The molecule has 0 bridgehead atoms. The lowest BCUT2D eigenvalue weighted by Gasteiger charge is -2.22. The molecule has 2 saturated carbocycles. The summed E-state index contributed by atoms with van der Waals surface area (Å²) in [5.74, 6) is 0. The van der Waals surface area contributed by atoms with E-state index in [0.29, 0.717) is 12.1 Å². The first-order valence-corrected chi connectivity index (χ1v) is 8.80. The lowest BCUT2D eigenvalue weighted by atomic mass is 9.95. The van der Waals surface area contributed by atoms with Crippen LogP contribution in [-0.2, 0) is 0 Å². The van der Waals surface area contributed by atoms with Gasteiger partial charge in [-0.15, -0.1) is 0 Å². The number of nitrogens with one attached hydrogen (secondary N) is 1. The van der Waals surface area contributed by atoms with Crippen molar-refractivity contribution in [3.05, 3.63) is 35.6 Å². The highest BCUT2D eigenvalue weighted by Gasteiger charge is 2.13. The molecule has 0 aromatic rings. The van der Waals surface area contributed by atoms with E-state index in [-0.39, 0.29) is 0 Å². The molecule has 3 aliphatic rings. The van der Waals surface area contributed by atoms with Gasteiger partial charge in [-0.2, -0.15) is 0 Å². The fourth-order valence-corrected chi connectivity index (χ4v) is 3.59. The SMILES string of the molecule is C1=CC(=CNC2CCCCC2)C(C=NC2CCCCC2)=C1. The van der Waals surface area contributed by atoms with E-state index in [9.17, 15) is 0 Å². The Hall–Kier alpha value is -1.31. The largest absolute Gasteiger partial charge is 0.388 e. The molecule has 114 valence electrons. The van der Waals surface area contributed by atoms with Crippen LogP contribution in [0, 0.1) is 0 Å². The molecule has 3 rings (SSSR count). The molecule has 1 N–H and O–H groups in total. The van der Waals surface area contributed by atoms with Gasteiger partial charge in [0.2, 0.25) is 0 Å². The van der Waals surface area contributed by atoms with Crippen LogP contribution in [0.3, 0.4) is 0 Å². The molecule has 2 nitrogen and oxygen atoms in total. The summed E-state index contributed by atoms with van der Waals surface area (Å²) in [6.07, 6.45) is 24.3. The van der Waals surface area contributed by atoms with E-state index < -0.39 is 0 Å². The summed E-state index contributed by atoms with van der Waals surface area (Å²) in [4.78, 5) is 4.81. The van der Waals surface area contributed by atoms with Crippen LogP contribution in [0.4, 0.5) is 0 Å². The Morgan fingerprint density at radius 1 is 0.952 bits per heavy atom. The Balaban J connectivity index is 1.53. The molecular formula is C19H28N2. The van der Waals surface area contributed by atoms with Gasteiger partial charge in [0.05, 0.1) is 0 Å². The molecule has 2 heteroatoms. The molecule has 0 heterocycles. The number of allylic oxidation sites excluding steroid dienone is 5. The average Bonchev–Trinajstić information content (AvgIpc) is 3.00. The lowest BCUT2D eigenvalue weighted by Crippen LogP contribution is -2.26. The van der Waals surface area contributed by atoms with E-state index in [4.69, 9.17) is 4.99 Å². The van der Waals surface area contributed by atoms with Crippen LogP contribution in [0.2, 0.25) is 0 Å². The predicted molar refractivity (Wildman–Crippen MR) is 90.7 cm³/mol. The minimum atomic E-state index is 0.563. The molecule has 0 spiro atoms. The minimum absolute atomic E-state index is 0.563. The molecule has 3 aliphatic carbocycles. The van der Waals surface area contributed by atoms with Gasteiger partial charge in [-0.1, -0.05) is 56.8 Å². The van der Waals surface area contributed by atoms with Gasteiger partial charge in [0.15, 0.2) is 0 Å². The third-order valence-electron chi connectivity index (χ3n) is 4.96. The Morgan fingerprint density at radius 2 is 1.67 bits per heavy atom. The predicted octanol–water partition coefficient (Wildman–Crippen LogP) is 4.69. The van der Waals surface area contributed by atoms with Crippen molar-refractivity contribution in [2.24, 2.45) is 4.99 Å². The van der Waals surface area contributed by atoms with E-state index in [1.165, 1.54) is 75.4 Å². The first-order valence-electron chi connectivity index (χ1n) is 8.80. The molecule has 0 radical (unpaired) electrons. The smallest absolute Gasteiger partial charge is 0.0499 e. The van der Waals surface area contributed by atoms with Crippen molar-refractivity contribution < 1.29 is 0 Å². The fourth-order valence-electron chi connectivity index (χ4n) is 3.59. The van der Waals surface area contributed by atoms with Crippen molar-refractivity contribution in [2.45, 2.75) is 76.3 Å². The summed E-state index contributed by atoms with van der Waals surface area (Å²) < 4.78 is 0. The summed E-state index contributed by atoms with van der Waals surface area (Å²) >= 11 is 0. The quantitative estimate of drug-likeness (QED) is 0.744. The second-order valence-corrected chi connectivity index (χ2v) is 6.65. The summed E-state index contributed by atoms with van der Waals surface area (Å²) in [6.45, 7) is 0. The van der Waals surface area contributed by atoms with Crippen LogP contribution in [0.25, 0.3) is 0 Å². The summed E-state index contributed by atoms with van der Waals surface area (Å²) in [5.41, 5.74) is 2.56. The minimum Gasteiger partial charge on any atom is -0.388 e. The zero-order valence-corrected chi connectivity index (χ0v) is 13.1. The molecule has 0 atom stereocenters. The Labute approximate surface area is 129 Å². The van der Waals surface area contributed by atoms with Crippen LogP contribution >= 0.6 is 0 Å². The van der Waals surface area contributed by atoms with Crippen molar-refractivity contribution >= 4 is 6.21 Å². The van der Waals surface area contributed by atoms with Gasteiger partial charge < -0.3 is 5.32 Å². The average molecular weight is 284 g/mol. The normalized spacial score (nSPS) is 26.7. The molecule has 0 aromatic carbocycles. The van der Waals surface area contributed by atoms with E-state index in [1.807, 2.05) is 0 Å². The highest BCUT2D eigenvalue weighted by Crippen LogP contribution is 2.22. The summed E-state index contributed by atoms with van der Waals surface area (Å²) in [6, 6.07) is 1.24. The van der Waals surface area contributed by atoms with Gasteiger partial charge >= 0.3 is 0 Å². The van der Waals surface area contributed by atoms with Crippen LogP contribution in [0.1, 0.15) is 64.2 Å². The number of hydrogen-bond acceptors (Lipinski definition) is 2. The maximum absolute atomic E-state index is 4.81. The topological polar surface area (TPSA) is 24.4 Å². The number of nitrogens with zero attached hydrogens (tertiary/aromatic N) is 1. The molecule has 0 aromatic heterocycles. The third kappa shape index (κ3) is 4.33. The van der Waals surface area contributed by atoms with Gasteiger partial charge in [0.25, 0.3) is 0 Å². The molecule has 0 unspecified atom stereocenters. The second kappa shape index (κ2) is 7.63. The summed E-state index contributed by atoms with van der Waals surface area (Å²) in [7, 11) is 0. The van der Waals surface area contributed by atoms with Crippen molar-refractivity contribution in [2.75, 3.05) is 0 Å². The highest BCUT2D eigenvalue weighted by atomic mass is 14.9. The second-order valence-electron chi connectivity index (χ2n) is 6.65. The monoisotopic (exact) mass is 284 g/mol. The molecule has 0 aliphatic heterocycles. The summed E-state index contributed by atoms with van der Waals surface area (Å²) in [5, 5.41) is 3.62. The van der Waals surface area contributed by atoms with Crippen molar-refractivity contribution in [1.82, 2.24) is 5.32 Å². The van der Waals surface area contributed by atoms with Gasteiger partial charge in [-0.05, 0) is 31.3 Å². The zero-order chi connectivity index (χ0) is 14.3. The first kappa shape index (κ1) is 14.6. The van der Waals surface area contributed by atoms with Crippen molar-refractivity contribution in [3.63, 3.8) is 0 Å². The number of hydrogen-bond donors (Lipinski definition) is 1. The van der Waals surface area contributed by atoms with Crippen molar-refractivity contribution in [1.29, 1.82) is 0 Å². The number of rotatable bonds is 4. The van der Waals surface area contributed by atoms with E-state index in [2.05, 4.69) is 36.0 Å². The third-order valence-corrected chi connectivity index (χ3v) is 4.96. The van der Waals surface area contributed by atoms with Crippen LogP contribution in [0.5, 0.6) is 0 Å². The highest BCUT2D eigenvalue weighted by molar-refractivity contribution is 5.88. The maximum Gasteiger partial charge on any atom is 0.0499 e. The number of aliphatic imine (C=N–C) groups is 1. The van der Waals surface area contributed by atoms with Crippen LogP contribution < -0.4 is 5.32 Å². The van der Waals surface area contributed by atoms with Gasteiger partial charge in [-0.25, -0.2) is 0 Å². The Kier molecular flexibility index (Phi) is 5.31. The molecule has 2 fully saturated rings.